The van der Waals surface area contributed by atoms with Gasteiger partial charge in [0.05, 0.1) is 0 Å². The molecule has 0 spiro atoms. The molecule has 0 saturated carbocycles. The molecule has 86 valence electrons. The van der Waals surface area contributed by atoms with Crippen LogP contribution >= 0.6 is 11.6 Å². The summed E-state index contributed by atoms with van der Waals surface area (Å²) in [7, 11) is 0. The molecule has 1 unspecified atom stereocenters. The average Bonchev–Trinajstić information content (AvgIpc) is 2.28. The van der Waals surface area contributed by atoms with Gasteiger partial charge < -0.3 is 0 Å². The highest BCUT2D eigenvalue weighted by atomic mass is 35.5. The minimum Gasteiger partial charge on any atom is -0.271 e. The second kappa shape index (κ2) is 6.49. The lowest BCUT2D eigenvalue weighted by atomic mass is 10.0. The summed E-state index contributed by atoms with van der Waals surface area (Å²) in [6.07, 6.45) is 7.27. The quantitative estimate of drug-likeness (QED) is 0.360. The first-order valence-electron chi connectivity index (χ1n) is 5.03. The van der Waals surface area contributed by atoms with E-state index in [1.165, 1.54) is 12.1 Å². The Morgan fingerprint density at radius 3 is 2.94 bits per heavy atom. The molecule has 0 aliphatic heterocycles. The Kier molecular flexibility index (Phi) is 5.27. The molecule has 1 aromatic rings. The summed E-state index contributed by atoms with van der Waals surface area (Å²) in [5.74, 6) is 7.62. The van der Waals surface area contributed by atoms with Crippen LogP contribution in [0.4, 0.5) is 4.39 Å². The summed E-state index contributed by atoms with van der Waals surface area (Å²) in [6, 6.07) is 4.17. The standard InChI is InChI=1S/C12H14ClFN2/c1-2-3-4-5-12(16-15)10-8-9(13)6-7-11(10)14/h1,6-8,12,16H,3-5,15H2. The Morgan fingerprint density at radius 2 is 2.31 bits per heavy atom. The first-order valence-corrected chi connectivity index (χ1v) is 5.41. The fraction of sp³-hybridized carbons (Fsp3) is 0.333. The minimum absolute atomic E-state index is 0.257. The van der Waals surface area contributed by atoms with Crippen LogP contribution in [0.1, 0.15) is 30.9 Å². The lowest BCUT2D eigenvalue weighted by Gasteiger charge is -2.16. The Bertz CT molecular complexity index is 387. The highest BCUT2D eigenvalue weighted by Crippen LogP contribution is 2.24. The number of rotatable bonds is 5. The molecule has 0 saturated heterocycles. The molecule has 2 nitrogen and oxygen atoms in total. The molecule has 0 fully saturated rings. The molecule has 16 heavy (non-hydrogen) atoms. The minimum atomic E-state index is -0.312. The van der Waals surface area contributed by atoms with Gasteiger partial charge in [-0.05, 0) is 31.0 Å². The van der Waals surface area contributed by atoms with Crippen molar-refractivity contribution in [2.24, 2.45) is 5.84 Å². The first kappa shape index (κ1) is 13.0. The number of hydrogen-bond acceptors (Lipinski definition) is 2. The fourth-order valence-corrected chi connectivity index (χ4v) is 1.70. The van der Waals surface area contributed by atoms with Crippen LogP contribution in [0.15, 0.2) is 18.2 Å². The third-order valence-electron chi connectivity index (χ3n) is 2.35. The first-order chi connectivity index (χ1) is 7.69. The van der Waals surface area contributed by atoms with Gasteiger partial charge in [-0.1, -0.05) is 11.6 Å². The highest BCUT2D eigenvalue weighted by molar-refractivity contribution is 6.30. The van der Waals surface area contributed by atoms with Crippen LogP contribution in [0.25, 0.3) is 0 Å². The van der Waals surface area contributed by atoms with E-state index in [2.05, 4.69) is 11.3 Å². The van der Waals surface area contributed by atoms with E-state index < -0.39 is 0 Å². The summed E-state index contributed by atoms with van der Waals surface area (Å²) < 4.78 is 13.5. The van der Waals surface area contributed by atoms with Crippen molar-refractivity contribution >= 4 is 11.6 Å². The van der Waals surface area contributed by atoms with Crippen LogP contribution in [0.2, 0.25) is 5.02 Å². The maximum Gasteiger partial charge on any atom is 0.128 e. The third-order valence-corrected chi connectivity index (χ3v) is 2.58. The largest absolute Gasteiger partial charge is 0.271 e. The molecule has 4 heteroatoms. The van der Waals surface area contributed by atoms with Gasteiger partial charge >= 0.3 is 0 Å². The number of unbranched alkanes of at least 4 members (excludes halogenated alkanes) is 1. The molecule has 0 aliphatic carbocycles. The molecule has 0 heterocycles. The van der Waals surface area contributed by atoms with Gasteiger partial charge in [0, 0.05) is 23.0 Å². The monoisotopic (exact) mass is 240 g/mol. The number of terminal acetylenes is 1. The predicted octanol–water partition coefficient (Wildman–Crippen LogP) is 2.79. The van der Waals surface area contributed by atoms with Crippen LogP contribution < -0.4 is 11.3 Å². The second-order valence-electron chi connectivity index (χ2n) is 3.48. The van der Waals surface area contributed by atoms with Crippen molar-refractivity contribution in [3.8, 4) is 12.3 Å². The van der Waals surface area contributed by atoms with Crippen LogP contribution in [-0.4, -0.2) is 0 Å². The number of benzene rings is 1. The molecule has 0 aromatic heterocycles. The van der Waals surface area contributed by atoms with Gasteiger partial charge in [-0.3, -0.25) is 11.3 Å². The number of halogens is 2. The molecular formula is C12H14ClFN2. The number of hydrazine groups is 1. The van der Waals surface area contributed by atoms with Gasteiger partial charge in [0.2, 0.25) is 0 Å². The molecule has 1 rings (SSSR count). The zero-order chi connectivity index (χ0) is 12.0. The van der Waals surface area contributed by atoms with E-state index in [4.69, 9.17) is 23.9 Å². The van der Waals surface area contributed by atoms with E-state index in [1.54, 1.807) is 6.07 Å². The number of hydrogen-bond donors (Lipinski definition) is 2. The Morgan fingerprint density at radius 1 is 1.56 bits per heavy atom. The predicted molar refractivity (Wildman–Crippen MR) is 64.2 cm³/mol. The molecular weight excluding hydrogens is 227 g/mol. The molecule has 0 bridgehead atoms. The molecule has 0 aliphatic rings. The molecule has 1 atom stereocenters. The zero-order valence-corrected chi connectivity index (χ0v) is 9.60. The summed E-state index contributed by atoms with van der Waals surface area (Å²) in [5, 5.41) is 0.494. The van der Waals surface area contributed by atoms with Crippen molar-refractivity contribution in [1.82, 2.24) is 5.43 Å². The van der Waals surface area contributed by atoms with Crippen molar-refractivity contribution in [3.05, 3.63) is 34.6 Å². The SMILES string of the molecule is C#CCCCC(NN)c1cc(Cl)ccc1F. The van der Waals surface area contributed by atoms with Gasteiger partial charge in [0.15, 0.2) is 0 Å². The Hall–Kier alpha value is -1.08. The van der Waals surface area contributed by atoms with E-state index in [-0.39, 0.29) is 11.9 Å². The van der Waals surface area contributed by atoms with E-state index in [0.717, 1.165) is 6.42 Å². The maximum absolute atomic E-state index is 13.5. The lowest BCUT2D eigenvalue weighted by Crippen LogP contribution is -2.28. The van der Waals surface area contributed by atoms with Gasteiger partial charge in [-0.25, -0.2) is 4.39 Å². The lowest BCUT2D eigenvalue weighted by molar-refractivity contribution is 0.475. The number of nitrogens with two attached hydrogens (primary N) is 1. The molecule has 1 aromatic carbocycles. The molecule has 0 amide bonds. The molecule has 3 N–H and O–H groups in total. The van der Waals surface area contributed by atoms with Crippen molar-refractivity contribution in [2.75, 3.05) is 0 Å². The normalized spacial score (nSPS) is 12.1. The zero-order valence-electron chi connectivity index (χ0n) is 8.84. The Balaban J connectivity index is 2.78. The highest BCUT2D eigenvalue weighted by Gasteiger charge is 2.14. The van der Waals surface area contributed by atoms with Crippen LogP contribution in [0, 0.1) is 18.2 Å². The van der Waals surface area contributed by atoms with Gasteiger partial charge in [0.25, 0.3) is 0 Å². The Labute approximate surface area is 99.9 Å². The van der Waals surface area contributed by atoms with Crippen molar-refractivity contribution < 1.29 is 4.39 Å². The molecule has 0 radical (unpaired) electrons. The van der Waals surface area contributed by atoms with Crippen LogP contribution in [0.3, 0.4) is 0 Å². The van der Waals surface area contributed by atoms with Crippen molar-refractivity contribution in [1.29, 1.82) is 0 Å². The fourth-order valence-electron chi connectivity index (χ4n) is 1.52. The van der Waals surface area contributed by atoms with E-state index in [0.29, 0.717) is 23.4 Å². The van der Waals surface area contributed by atoms with E-state index >= 15 is 0 Å². The smallest absolute Gasteiger partial charge is 0.128 e. The summed E-state index contributed by atoms with van der Waals surface area (Å²) in [6.45, 7) is 0. The average molecular weight is 241 g/mol. The number of nitrogens with one attached hydrogen (secondary N) is 1. The maximum atomic E-state index is 13.5. The van der Waals surface area contributed by atoms with Gasteiger partial charge in [-0.2, -0.15) is 0 Å². The van der Waals surface area contributed by atoms with Gasteiger partial charge in [-0.15, -0.1) is 12.3 Å². The van der Waals surface area contributed by atoms with Crippen LogP contribution in [-0.2, 0) is 0 Å². The van der Waals surface area contributed by atoms with E-state index in [9.17, 15) is 4.39 Å². The summed E-state index contributed by atoms with van der Waals surface area (Å²) in [4.78, 5) is 0. The van der Waals surface area contributed by atoms with Gasteiger partial charge in [0.1, 0.15) is 5.82 Å². The summed E-state index contributed by atoms with van der Waals surface area (Å²) in [5.41, 5.74) is 3.06. The van der Waals surface area contributed by atoms with Crippen molar-refractivity contribution in [3.63, 3.8) is 0 Å². The third kappa shape index (κ3) is 3.49. The summed E-state index contributed by atoms with van der Waals surface area (Å²) >= 11 is 5.81. The van der Waals surface area contributed by atoms with Crippen molar-refractivity contribution in [2.45, 2.75) is 25.3 Å². The van der Waals surface area contributed by atoms with E-state index in [1.807, 2.05) is 0 Å². The van der Waals surface area contributed by atoms with Crippen LogP contribution in [0.5, 0.6) is 0 Å². The topological polar surface area (TPSA) is 38.0 Å². The second-order valence-corrected chi connectivity index (χ2v) is 3.92.